The lowest BCUT2D eigenvalue weighted by Gasteiger charge is -2.24. The van der Waals surface area contributed by atoms with Crippen LogP contribution in [0.5, 0.6) is 5.75 Å². The predicted octanol–water partition coefficient (Wildman–Crippen LogP) is 1.87. The fourth-order valence-electron chi connectivity index (χ4n) is 2.13. The number of rotatable bonds is 5. The lowest BCUT2D eigenvalue weighted by Crippen LogP contribution is -2.37. The van der Waals surface area contributed by atoms with Crippen LogP contribution in [0.15, 0.2) is 18.2 Å². The number of hydrogen-bond donors (Lipinski definition) is 2. The lowest BCUT2D eigenvalue weighted by atomic mass is 9.96. The summed E-state index contributed by atoms with van der Waals surface area (Å²) in [4.78, 5) is 22.3. The Balaban J connectivity index is 1.85. The van der Waals surface area contributed by atoms with Gasteiger partial charge in [-0.3, -0.25) is 9.59 Å². The molecule has 1 aromatic rings. The molecule has 1 aliphatic heterocycles. The van der Waals surface area contributed by atoms with Crippen molar-refractivity contribution >= 4 is 23.5 Å². The minimum Gasteiger partial charge on any atom is -0.492 e. The van der Waals surface area contributed by atoms with E-state index >= 15 is 0 Å². The molecule has 108 valence electrons. The minimum atomic E-state index is -0.858. The number of nitrogens with one attached hydrogen (secondary N) is 1. The van der Waals surface area contributed by atoms with Crippen LogP contribution in [0.3, 0.4) is 0 Å². The van der Waals surface area contributed by atoms with E-state index in [1.54, 1.807) is 18.2 Å². The highest BCUT2D eigenvalue weighted by Gasteiger charge is 2.25. The van der Waals surface area contributed by atoms with Crippen LogP contribution in [-0.4, -0.2) is 30.1 Å². The first-order chi connectivity index (χ1) is 9.56. The number of ether oxygens (including phenoxy) is 1. The van der Waals surface area contributed by atoms with E-state index in [1.807, 2.05) is 0 Å². The van der Waals surface area contributed by atoms with Gasteiger partial charge in [0.2, 0.25) is 5.91 Å². The molecule has 1 amide bonds. The fourth-order valence-corrected chi connectivity index (χ4v) is 2.32. The van der Waals surface area contributed by atoms with Crippen molar-refractivity contribution in [3.63, 3.8) is 0 Å². The minimum absolute atomic E-state index is 0.0554. The Hall–Kier alpha value is -1.75. The molecular formula is C14H16ClNO4. The van der Waals surface area contributed by atoms with Crippen molar-refractivity contribution in [3.8, 4) is 5.75 Å². The second-order valence-corrected chi connectivity index (χ2v) is 5.19. The van der Waals surface area contributed by atoms with Crippen molar-refractivity contribution in [2.24, 2.45) is 5.92 Å². The molecule has 1 atom stereocenters. The summed E-state index contributed by atoms with van der Waals surface area (Å²) in [5.74, 6) is -0.458. The summed E-state index contributed by atoms with van der Waals surface area (Å²) >= 11 is 5.92. The third kappa shape index (κ3) is 3.87. The Bertz CT molecular complexity index is 518. The van der Waals surface area contributed by atoms with Gasteiger partial charge in [-0.2, -0.15) is 0 Å². The SMILES string of the molecule is O=C(O)CCCNC(=O)C1COc2ccc(Cl)cc2C1. The molecule has 1 aromatic carbocycles. The Morgan fingerprint density at radius 2 is 2.25 bits per heavy atom. The van der Waals surface area contributed by atoms with E-state index in [1.165, 1.54) is 0 Å². The zero-order chi connectivity index (χ0) is 14.5. The van der Waals surface area contributed by atoms with Crippen LogP contribution in [-0.2, 0) is 16.0 Å². The van der Waals surface area contributed by atoms with Gasteiger partial charge in [-0.25, -0.2) is 0 Å². The molecule has 20 heavy (non-hydrogen) atoms. The number of hydrogen-bond acceptors (Lipinski definition) is 3. The smallest absolute Gasteiger partial charge is 0.303 e. The molecule has 1 aliphatic rings. The maximum Gasteiger partial charge on any atom is 0.303 e. The van der Waals surface area contributed by atoms with Gasteiger partial charge in [-0.05, 0) is 36.6 Å². The van der Waals surface area contributed by atoms with Crippen molar-refractivity contribution < 1.29 is 19.4 Å². The third-order valence-corrected chi connectivity index (χ3v) is 3.40. The predicted molar refractivity (Wildman–Crippen MR) is 74.0 cm³/mol. The van der Waals surface area contributed by atoms with Crippen molar-refractivity contribution in [3.05, 3.63) is 28.8 Å². The first kappa shape index (κ1) is 14.7. The molecule has 6 heteroatoms. The molecule has 0 saturated carbocycles. The highest BCUT2D eigenvalue weighted by atomic mass is 35.5. The van der Waals surface area contributed by atoms with Crippen LogP contribution in [0.25, 0.3) is 0 Å². The van der Waals surface area contributed by atoms with Gasteiger partial charge in [0.15, 0.2) is 0 Å². The standard InChI is InChI=1S/C14H16ClNO4/c15-11-3-4-12-9(7-11)6-10(8-20-12)14(19)16-5-1-2-13(17)18/h3-4,7,10H,1-2,5-6,8H2,(H,16,19)(H,17,18). The molecule has 0 radical (unpaired) electrons. The molecule has 0 fully saturated rings. The van der Waals surface area contributed by atoms with Crippen LogP contribution in [0.4, 0.5) is 0 Å². The molecule has 0 aliphatic carbocycles. The maximum atomic E-state index is 12.0. The highest BCUT2D eigenvalue weighted by molar-refractivity contribution is 6.30. The second kappa shape index (κ2) is 6.61. The number of carboxylic acids is 1. The van der Waals surface area contributed by atoms with Crippen LogP contribution in [0.2, 0.25) is 5.02 Å². The summed E-state index contributed by atoms with van der Waals surface area (Å²) in [7, 11) is 0. The van der Waals surface area contributed by atoms with Crippen molar-refractivity contribution in [1.82, 2.24) is 5.32 Å². The van der Waals surface area contributed by atoms with Crippen molar-refractivity contribution in [2.75, 3.05) is 13.2 Å². The summed E-state index contributed by atoms with van der Waals surface area (Å²) in [6, 6.07) is 5.37. The van der Waals surface area contributed by atoms with Crippen LogP contribution >= 0.6 is 11.6 Å². The molecule has 2 N–H and O–H groups in total. The number of amides is 1. The Morgan fingerprint density at radius 3 is 3.00 bits per heavy atom. The van der Waals surface area contributed by atoms with Gasteiger partial charge in [0.1, 0.15) is 12.4 Å². The normalized spacial score (nSPS) is 16.9. The summed E-state index contributed by atoms with van der Waals surface area (Å²) in [6.07, 6.45) is 1.07. The van der Waals surface area contributed by atoms with Crippen LogP contribution < -0.4 is 10.1 Å². The summed E-state index contributed by atoms with van der Waals surface area (Å²) in [5, 5.41) is 11.9. The van der Waals surface area contributed by atoms with Gasteiger partial charge >= 0.3 is 5.97 Å². The first-order valence-electron chi connectivity index (χ1n) is 6.47. The van der Waals surface area contributed by atoms with Gasteiger partial charge in [0, 0.05) is 18.0 Å². The van der Waals surface area contributed by atoms with E-state index in [4.69, 9.17) is 21.4 Å². The van der Waals surface area contributed by atoms with Crippen molar-refractivity contribution in [2.45, 2.75) is 19.3 Å². The molecule has 0 saturated heterocycles. The molecule has 5 nitrogen and oxygen atoms in total. The Labute approximate surface area is 121 Å². The maximum absolute atomic E-state index is 12.0. The number of benzene rings is 1. The van der Waals surface area contributed by atoms with Gasteiger partial charge in [-0.15, -0.1) is 0 Å². The largest absolute Gasteiger partial charge is 0.492 e. The molecule has 0 aromatic heterocycles. The molecular weight excluding hydrogens is 282 g/mol. The van der Waals surface area contributed by atoms with Gasteiger partial charge in [-0.1, -0.05) is 11.6 Å². The van der Waals surface area contributed by atoms with Gasteiger partial charge in [0.25, 0.3) is 0 Å². The average molecular weight is 298 g/mol. The van der Waals surface area contributed by atoms with E-state index in [0.717, 1.165) is 11.3 Å². The topological polar surface area (TPSA) is 75.6 Å². The molecule has 1 heterocycles. The van der Waals surface area contributed by atoms with Gasteiger partial charge in [0.05, 0.1) is 5.92 Å². The highest BCUT2D eigenvalue weighted by Crippen LogP contribution is 2.29. The zero-order valence-electron chi connectivity index (χ0n) is 10.9. The molecule has 0 spiro atoms. The van der Waals surface area contributed by atoms with Crippen LogP contribution in [0, 0.1) is 5.92 Å². The van der Waals surface area contributed by atoms with E-state index in [0.29, 0.717) is 31.0 Å². The Morgan fingerprint density at radius 1 is 1.45 bits per heavy atom. The lowest BCUT2D eigenvalue weighted by molar-refractivity contribution is -0.137. The van der Waals surface area contributed by atoms with Crippen LogP contribution in [0.1, 0.15) is 18.4 Å². The van der Waals surface area contributed by atoms with E-state index < -0.39 is 5.97 Å². The monoisotopic (exact) mass is 297 g/mol. The number of aliphatic carboxylic acids is 1. The number of carboxylic acid groups (broad SMARTS) is 1. The number of carbonyl (C=O) groups excluding carboxylic acids is 1. The summed E-state index contributed by atoms with van der Waals surface area (Å²) in [5.41, 5.74) is 0.925. The number of fused-ring (bicyclic) bond motifs is 1. The summed E-state index contributed by atoms with van der Waals surface area (Å²) < 4.78 is 5.54. The van der Waals surface area contributed by atoms with E-state index in [-0.39, 0.29) is 18.2 Å². The van der Waals surface area contributed by atoms with E-state index in [2.05, 4.69) is 5.32 Å². The first-order valence-corrected chi connectivity index (χ1v) is 6.85. The van der Waals surface area contributed by atoms with Gasteiger partial charge < -0.3 is 15.2 Å². The average Bonchev–Trinajstić information content (AvgIpc) is 2.42. The summed E-state index contributed by atoms with van der Waals surface area (Å²) in [6.45, 7) is 0.698. The quantitative estimate of drug-likeness (QED) is 0.814. The van der Waals surface area contributed by atoms with Crippen molar-refractivity contribution in [1.29, 1.82) is 0 Å². The number of carbonyl (C=O) groups is 2. The molecule has 1 unspecified atom stereocenters. The fraction of sp³-hybridized carbons (Fsp3) is 0.429. The molecule has 0 bridgehead atoms. The molecule has 2 rings (SSSR count). The Kier molecular flexibility index (Phi) is 4.84. The second-order valence-electron chi connectivity index (χ2n) is 4.75. The third-order valence-electron chi connectivity index (χ3n) is 3.17. The number of halogens is 1. The van der Waals surface area contributed by atoms with E-state index in [9.17, 15) is 9.59 Å². The zero-order valence-corrected chi connectivity index (χ0v) is 11.7.